The van der Waals surface area contributed by atoms with Crippen molar-refractivity contribution in [2.75, 3.05) is 0 Å². The number of rotatable bonds is 8. The minimum Gasteiger partial charge on any atom is -0.309 e. The highest BCUT2D eigenvalue weighted by Gasteiger charge is 2.31. The molecule has 0 aliphatic carbocycles. The Morgan fingerprint density at radius 2 is 0.517 bits per heavy atom. The molecule has 0 saturated heterocycles. The van der Waals surface area contributed by atoms with E-state index in [0.717, 1.165) is 76.0 Å². The lowest BCUT2D eigenvalue weighted by Crippen LogP contribution is -2.25. The zero-order chi connectivity index (χ0) is 40.3. The van der Waals surface area contributed by atoms with Crippen molar-refractivity contribution in [2.45, 2.75) is 0 Å². The van der Waals surface area contributed by atoms with Gasteiger partial charge in [-0.05, 0) is 72.8 Å². The minimum absolute atomic E-state index is 0.796. The van der Waals surface area contributed by atoms with Crippen LogP contribution in [0.15, 0.2) is 231 Å². The number of aromatic nitrogens is 2. The van der Waals surface area contributed by atoms with Crippen LogP contribution in [0.5, 0.6) is 0 Å². The van der Waals surface area contributed by atoms with Gasteiger partial charge in [0, 0.05) is 64.7 Å². The molecule has 0 unspecified atom stereocenters. The van der Waals surface area contributed by atoms with Gasteiger partial charge >= 0.3 is 0 Å². The first kappa shape index (κ1) is 36.1. The lowest BCUT2D eigenvalue weighted by atomic mass is 10.1. The molecule has 2 heterocycles. The molecule has 0 N–H and O–H groups in total. The van der Waals surface area contributed by atoms with Gasteiger partial charge in [-0.3, -0.25) is 0 Å². The number of para-hydroxylation sites is 2. The lowest BCUT2D eigenvalue weighted by Gasteiger charge is -2.20. The van der Waals surface area contributed by atoms with E-state index >= 15 is 9.13 Å². The standard InChI is InChI=1S/C54H38N2O2P2/c57-59(41-17-5-1-6-18-41,42-19-7-2-8-20-42)45-33-29-39(30-34-45)55-49-27-15-13-25-47(49)53-51(55)37-38-52-54(53)48-26-14-16-28-50(48)56(52)40-31-35-46(36-32-40)60(58,43-21-9-3-10-22-43)44-23-11-4-12-24-44/h1-38H. The van der Waals surface area contributed by atoms with E-state index < -0.39 is 14.3 Å². The zero-order valence-corrected chi connectivity index (χ0v) is 34.3. The highest BCUT2D eigenvalue weighted by Crippen LogP contribution is 2.46. The van der Waals surface area contributed by atoms with Crippen molar-refractivity contribution < 1.29 is 9.13 Å². The van der Waals surface area contributed by atoms with Crippen LogP contribution in [0.4, 0.5) is 0 Å². The second kappa shape index (κ2) is 14.4. The zero-order valence-electron chi connectivity index (χ0n) is 32.5. The van der Waals surface area contributed by atoms with Crippen molar-refractivity contribution in [3.8, 4) is 11.4 Å². The largest absolute Gasteiger partial charge is 0.309 e. The fourth-order valence-electron chi connectivity index (χ4n) is 9.14. The van der Waals surface area contributed by atoms with Gasteiger partial charge < -0.3 is 18.3 Å². The van der Waals surface area contributed by atoms with Crippen molar-refractivity contribution in [2.24, 2.45) is 0 Å². The van der Waals surface area contributed by atoms with E-state index in [2.05, 4.69) is 94.1 Å². The first-order chi connectivity index (χ1) is 29.5. The lowest BCUT2D eigenvalue weighted by molar-refractivity contribution is 0.591. The van der Waals surface area contributed by atoms with Gasteiger partial charge in [0.25, 0.3) is 0 Å². The van der Waals surface area contributed by atoms with Gasteiger partial charge in [0.05, 0.1) is 22.1 Å². The molecule has 0 radical (unpaired) electrons. The van der Waals surface area contributed by atoms with Crippen LogP contribution < -0.4 is 31.8 Å². The van der Waals surface area contributed by atoms with Crippen LogP contribution in [0.2, 0.25) is 0 Å². The molecule has 6 heteroatoms. The molecule has 60 heavy (non-hydrogen) atoms. The highest BCUT2D eigenvalue weighted by atomic mass is 31.2. The molecule has 0 bridgehead atoms. The van der Waals surface area contributed by atoms with Crippen LogP contribution in [0.3, 0.4) is 0 Å². The topological polar surface area (TPSA) is 44.0 Å². The Morgan fingerprint density at radius 1 is 0.250 bits per heavy atom. The van der Waals surface area contributed by atoms with Gasteiger partial charge in [0.15, 0.2) is 14.3 Å². The molecule has 0 fully saturated rings. The molecule has 0 aliphatic heterocycles. The summed E-state index contributed by atoms with van der Waals surface area (Å²) in [6.45, 7) is 0. The Bertz CT molecular complexity index is 3130. The van der Waals surface area contributed by atoms with E-state index in [9.17, 15) is 0 Å². The number of nitrogens with zero attached hydrogens (tertiary/aromatic N) is 2. The highest BCUT2D eigenvalue weighted by molar-refractivity contribution is 7.85. The van der Waals surface area contributed by atoms with Gasteiger partial charge in [-0.25, -0.2) is 0 Å². The summed E-state index contributed by atoms with van der Waals surface area (Å²) in [5.41, 5.74) is 6.38. The Hall–Kier alpha value is -6.96. The van der Waals surface area contributed by atoms with Crippen LogP contribution in [0.1, 0.15) is 0 Å². The third-order valence-electron chi connectivity index (χ3n) is 11.9. The molecule has 4 nitrogen and oxygen atoms in total. The van der Waals surface area contributed by atoms with Crippen molar-refractivity contribution in [3.05, 3.63) is 231 Å². The first-order valence-corrected chi connectivity index (χ1v) is 23.6. The van der Waals surface area contributed by atoms with Gasteiger partial charge in [0.2, 0.25) is 0 Å². The molecule has 0 saturated carbocycles. The quantitative estimate of drug-likeness (QED) is 0.144. The molecule has 11 aromatic rings. The maximum absolute atomic E-state index is 15.2. The summed E-state index contributed by atoms with van der Waals surface area (Å²) in [6.07, 6.45) is 0. The van der Waals surface area contributed by atoms with Crippen molar-refractivity contribution in [1.29, 1.82) is 0 Å². The molecule has 0 spiro atoms. The monoisotopic (exact) mass is 808 g/mol. The van der Waals surface area contributed by atoms with Crippen LogP contribution in [0, 0.1) is 0 Å². The maximum atomic E-state index is 15.2. The van der Waals surface area contributed by atoms with Gasteiger partial charge in [-0.2, -0.15) is 0 Å². The normalized spacial score (nSPS) is 12.1. The summed E-state index contributed by atoms with van der Waals surface area (Å²) in [6, 6.07) is 77.6. The number of hydrogen-bond acceptors (Lipinski definition) is 2. The van der Waals surface area contributed by atoms with Gasteiger partial charge in [-0.15, -0.1) is 0 Å². The fraction of sp³-hybridized carbons (Fsp3) is 0. The average molecular weight is 809 g/mol. The molecular formula is C54H38N2O2P2. The maximum Gasteiger partial charge on any atom is 0.171 e. The number of hydrogen-bond donors (Lipinski definition) is 0. The second-order valence-electron chi connectivity index (χ2n) is 15.2. The molecule has 11 rings (SSSR count). The molecule has 0 atom stereocenters. The summed E-state index contributed by atoms with van der Waals surface area (Å²) in [5.74, 6) is 0. The van der Waals surface area contributed by atoms with Crippen molar-refractivity contribution in [3.63, 3.8) is 0 Å². The SMILES string of the molecule is O=P(c1ccccc1)(c1ccccc1)c1ccc(-n2c3ccccc3c3c4c5ccccc5n(-c5ccc(P(=O)(c6ccccc6)c6ccccc6)cc5)c4ccc32)cc1. The fourth-order valence-corrected chi connectivity index (χ4v) is 14.4. The third kappa shape index (κ3) is 5.53. The number of fused-ring (bicyclic) bond motifs is 7. The second-order valence-corrected chi connectivity index (χ2v) is 20.7. The van der Waals surface area contributed by atoms with Gasteiger partial charge in [-0.1, -0.05) is 158 Å². The van der Waals surface area contributed by atoms with E-state index in [-0.39, 0.29) is 0 Å². The Kier molecular flexibility index (Phi) is 8.67. The summed E-state index contributed by atoms with van der Waals surface area (Å²) < 4.78 is 35.1. The van der Waals surface area contributed by atoms with Crippen molar-refractivity contribution >= 4 is 89.7 Å². The van der Waals surface area contributed by atoms with Crippen LogP contribution in [-0.2, 0) is 9.13 Å². The average Bonchev–Trinajstić information content (AvgIpc) is 3.85. The molecular weight excluding hydrogens is 771 g/mol. The van der Waals surface area contributed by atoms with E-state index in [1.807, 2.05) is 146 Å². The van der Waals surface area contributed by atoms with Crippen LogP contribution in [0.25, 0.3) is 55.0 Å². The molecule has 286 valence electrons. The number of benzene rings is 9. The molecule has 0 amide bonds. The Morgan fingerprint density at radius 3 is 0.833 bits per heavy atom. The summed E-state index contributed by atoms with van der Waals surface area (Å²) in [7, 11) is -6.26. The molecule has 2 aromatic heterocycles. The Labute approximate surface area is 348 Å². The van der Waals surface area contributed by atoms with E-state index in [0.29, 0.717) is 0 Å². The van der Waals surface area contributed by atoms with E-state index in [4.69, 9.17) is 0 Å². The van der Waals surface area contributed by atoms with E-state index in [1.54, 1.807) is 0 Å². The third-order valence-corrected chi connectivity index (χ3v) is 18.0. The van der Waals surface area contributed by atoms with Crippen LogP contribution >= 0.6 is 14.3 Å². The molecule has 9 aromatic carbocycles. The first-order valence-electron chi connectivity index (χ1n) is 20.1. The Balaban J connectivity index is 1.08. The van der Waals surface area contributed by atoms with Gasteiger partial charge in [0.1, 0.15) is 0 Å². The minimum atomic E-state index is -3.13. The summed E-state index contributed by atoms with van der Waals surface area (Å²) in [4.78, 5) is 0. The van der Waals surface area contributed by atoms with Crippen LogP contribution in [-0.4, -0.2) is 9.13 Å². The molecule has 0 aliphatic rings. The summed E-state index contributed by atoms with van der Waals surface area (Å²) >= 11 is 0. The predicted octanol–water partition coefficient (Wildman–Crippen LogP) is 11.2. The van der Waals surface area contributed by atoms with E-state index in [1.165, 1.54) is 10.8 Å². The predicted molar refractivity (Wildman–Crippen MR) is 254 cm³/mol. The summed E-state index contributed by atoms with van der Waals surface area (Å²) in [5, 5.41) is 9.52. The smallest absolute Gasteiger partial charge is 0.171 e. The van der Waals surface area contributed by atoms with Crippen molar-refractivity contribution in [1.82, 2.24) is 9.13 Å².